The number of amides is 1. The molecule has 6 nitrogen and oxygen atoms in total. The molecule has 1 aliphatic heterocycles. The van der Waals surface area contributed by atoms with Crippen LogP contribution in [0.2, 0.25) is 0 Å². The number of para-hydroxylation sites is 1. The van der Waals surface area contributed by atoms with Crippen LogP contribution >= 0.6 is 0 Å². The Hall–Kier alpha value is -2.38. The number of sulfonamides is 1. The highest BCUT2D eigenvalue weighted by Gasteiger charge is 2.29. The van der Waals surface area contributed by atoms with Crippen LogP contribution in [0.25, 0.3) is 0 Å². The molecular formula is C24H32N2O4S. The molecule has 168 valence electrons. The van der Waals surface area contributed by atoms with Gasteiger partial charge in [0.05, 0.1) is 28.4 Å². The third-order valence-corrected chi connectivity index (χ3v) is 7.95. The molecule has 2 aromatic rings. The number of hydrogen-bond acceptors (Lipinski definition) is 4. The van der Waals surface area contributed by atoms with E-state index < -0.39 is 10.0 Å². The minimum absolute atomic E-state index is 0.0691. The fraction of sp³-hybridized carbons (Fsp3) is 0.458. The van der Waals surface area contributed by atoms with Crippen LogP contribution in [0.15, 0.2) is 29.2 Å². The third-order valence-electron chi connectivity index (χ3n) is 6.31. The zero-order chi connectivity index (χ0) is 23.1. The van der Waals surface area contributed by atoms with Gasteiger partial charge in [-0.25, -0.2) is 8.42 Å². The fourth-order valence-corrected chi connectivity index (χ4v) is 6.02. The fourth-order valence-electron chi connectivity index (χ4n) is 4.34. The summed E-state index contributed by atoms with van der Waals surface area (Å²) < 4.78 is 35.3. The van der Waals surface area contributed by atoms with Crippen LogP contribution in [0.4, 0.5) is 5.69 Å². The van der Waals surface area contributed by atoms with Crippen molar-refractivity contribution in [2.24, 2.45) is 0 Å². The zero-order valence-corrected chi connectivity index (χ0v) is 20.2. The highest BCUT2D eigenvalue weighted by molar-refractivity contribution is 7.92. The molecule has 0 unspecified atom stereocenters. The maximum Gasteiger partial charge on any atom is 0.262 e. The summed E-state index contributed by atoms with van der Waals surface area (Å²) in [5, 5.41) is 0. The van der Waals surface area contributed by atoms with E-state index in [1.54, 1.807) is 29.2 Å². The van der Waals surface area contributed by atoms with Gasteiger partial charge in [0, 0.05) is 13.1 Å². The van der Waals surface area contributed by atoms with Crippen LogP contribution in [-0.2, 0) is 14.8 Å². The first-order valence-corrected chi connectivity index (χ1v) is 12.1. The number of carbonyl (C=O) groups excluding carboxylic acids is 1. The lowest BCUT2D eigenvalue weighted by atomic mass is 9.95. The van der Waals surface area contributed by atoms with Crippen molar-refractivity contribution >= 4 is 21.6 Å². The maximum absolute atomic E-state index is 13.5. The summed E-state index contributed by atoms with van der Waals surface area (Å²) in [5.41, 5.74) is 5.10. The Morgan fingerprint density at radius 1 is 0.903 bits per heavy atom. The third kappa shape index (κ3) is 4.48. The molecule has 1 heterocycles. The van der Waals surface area contributed by atoms with E-state index >= 15 is 0 Å². The molecule has 1 fully saturated rings. The van der Waals surface area contributed by atoms with Crippen molar-refractivity contribution in [3.8, 4) is 0 Å². The minimum Gasteiger partial charge on any atom is -0.372 e. The van der Waals surface area contributed by atoms with Gasteiger partial charge in [0.1, 0.15) is 0 Å². The summed E-state index contributed by atoms with van der Waals surface area (Å²) in [6.45, 7) is 14.3. The van der Waals surface area contributed by atoms with Crippen molar-refractivity contribution in [3.05, 3.63) is 57.6 Å². The van der Waals surface area contributed by atoms with Gasteiger partial charge in [0.25, 0.3) is 15.9 Å². The standard InChI is InChI=1S/C24H32N2O4S/c1-14-12-26(13-15(2)30-14)24(27)21-10-8-9-11-22(21)25-31(28,29)23-19(6)17(4)16(3)18(5)20(23)7/h8-11,14-15,25H,12-13H2,1-7H3/t14-,15-/m1/s1. The first-order chi connectivity index (χ1) is 14.4. The van der Waals surface area contributed by atoms with Crippen molar-refractivity contribution in [2.45, 2.75) is 65.6 Å². The monoisotopic (exact) mass is 444 g/mol. The number of hydrogen-bond donors (Lipinski definition) is 1. The number of nitrogens with one attached hydrogen (secondary N) is 1. The van der Waals surface area contributed by atoms with Gasteiger partial charge < -0.3 is 9.64 Å². The molecule has 2 aromatic carbocycles. The average molecular weight is 445 g/mol. The molecule has 7 heteroatoms. The molecule has 0 saturated carbocycles. The van der Waals surface area contributed by atoms with Gasteiger partial charge in [0.2, 0.25) is 0 Å². The van der Waals surface area contributed by atoms with Crippen molar-refractivity contribution in [1.82, 2.24) is 4.90 Å². The topological polar surface area (TPSA) is 75.7 Å². The summed E-state index contributed by atoms with van der Waals surface area (Å²) >= 11 is 0. The predicted octanol–water partition coefficient (Wildman–Crippen LogP) is 4.28. The number of nitrogens with zero attached hydrogens (tertiary/aromatic N) is 1. The molecule has 0 radical (unpaired) electrons. The minimum atomic E-state index is -3.89. The van der Waals surface area contributed by atoms with Gasteiger partial charge >= 0.3 is 0 Å². The predicted molar refractivity (Wildman–Crippen MR) is 123 cm³/mol. The first kappa shape index (κ1) is 23.3. The van der Waals surface area contributed by atoms with Crippen LogP contribution < -0.4 is 4.72 Å². The van der Waals surface area contributed by atoms with Gasteiger partial charge in [-0.2, -0.15) is 0 Å². The Labute approximate surface area is 185 Å². The second-order valence-corrected chi connectivity index (χ2v) is 10.2. The lowest BCUT2D eigenvalue weighted by Crippen LogP contribution is -2.48. The molecule has 2 atom stereocenters. The molecule has 0 spiro atoms. The number of anilines is 1. The van der Waals surface area contributed by atoms with Gasteiger partial charge in [0.15, 0.2) is 0 Å². The van der Waals surface area contributed by atoms with Gasteiger partial charge in [-0.15, -0.1) is 0 Å². The van der Waals surface area contributed by atoms with E-state index in [1.165, 1.54) is 0 Å². The largest absolute Gasteiger partial charge is 0.372 e. The first-order valence-electron chi connectivity index (χ1n) is 10.6. The Balaban J connectivity index is 2.01. The Morgan fingerprint density at radius 3 is 1.94 bits per heavy atom. The summed E-state index contributed by atoms with van der Waals surface area (Å²) in [6, 6.07) is 6.77. The smallest absolute Gasteiger partial charge is 0.262 e. The Kier molecular flexibility index (Phi) is 6.48. The summed E-state index contributed by atoms with van der Waals surface area (Å²) in [4.78, 5) is 15.3. The Bertz CT molecular complexity index is 1090. The quantitative estimate of drug-likeness (QED) is 0.764. The summed E-state index contributed by atoms with van der Waals surface area (Å²) in [7, 11) is -3.89. The van der Waals surface area contributed by atoms with E-state index in [-0.39, 0.29) is 28.7 Å². The number of carbonyl (C=O) groups is 1. The molecule has 1 N–H and O–H groups in total. The number of ether oxygens (including phenoxy) is 1. The van der Waals surface area contributed by atoms with Crippen LogP contribution in [0, 0.1) is 34.6 Å². The summed E-state index contributed by atoms with van der Waals surface area (Å²) in [6.07, 6.45) is -0.138. The highest BCUT2D eigenvalue weighted by Crippen LogP contribution is 2.31. The van der Waals surface area contributed by atoms with Crippen LogP contribution in [0.5, 0.6) is 0 Å². The van der Waals surface area contributed by atoms with Gasteiger partial charge in [-0.1, -0.05) is 12.1 Å². The second-order valence-electron chi connectivity index (χ2n) is 8.57. The zero-order valence-electron chi connectivity index (χ0n) is 19.4. The molecule has 0 bridgehead atoms. The molecule has 1 saturated heterocycles. The lowest BCUT2D eigenvalue weighted by molar-refractivity contribution is -0.0585. The van der Waals surface area contributed by atoms with E-state index in [1.807, 2.05) is 48.5 Å². The van der Waals surface area contributed by atoms with Crippen LogP contribution in [0.1, 0.15) is 52.0 Å². The lowest BCUT2D eigenvalue weighted by Gasteiger charge is -2.35. The molecule has 0 aromatic heterocycles. The average Bonchev–Trinajstić information content (AvgIpc) is 2.69. The second kappa shape index (κ2) is 8.63. The van der Waals surface area contributed by atoms with E-state index in [4.69, 9.17) is 4.74 Å². The number of rotatable bonds is 4. The van der Waals surface area contributed by atoms with E-state index in [0.29, 0.717) is 18.7 Å². The van der Waals surface area contributed by atoms with E-state index in [9.17, 15) is 13.2 Å². The van der Waals surface area contributed by atoms with Crippen LogP contribution in [-0.4, -0.2) is 44.5 Å². The van der Waals surface area contributed by atoms with Gasteiger partial charge in [-0.3, -0.25) is 9.52 Å². The molecule has 3 rings (SSSR count). The number of morpholine rings is 1. The van der Waals surface area contributed by atoms with Crippen LogP contribution in [0.3, 0.4) is 0 Å². The Morgan fingerprint density at radius 2 is 1.39 bits per heavy atom. The SMILES string of the molecule is Cc1c(C)c(C)c(S(=O)(=O)Nc2ccccc2C(=O)N2C[C@@H](C)O[C@H](C)C2)c(C)c1C. The summed E-state index contributed by atoms with van der Waals surface area (Å²) in [5.74, 6) is -0.204. The van der Waals surface area contributed by atoms with Crippen molar-refractivity contribution in [1.29, 1.82) is 0 Å². The van der Waals surface area contributed by atoms with E-state index in [2.05, 4.69) is 4.72 Å². The molecule has 31 heavy (non-hydrogen) atoms. The molecule has 0 aliphatic carbocycles. The normalized spacial score (nSPS) is 19.4. The van der Waals surface area contributed by atoms with Crippen molar-refractivity contribution in [2.75, 3.05) is 17.8 Å². The van der Waals surface area contributed by atoms with Gasteiger partial charge in [-0.05, 0) is 88.4 Å². The number of benzene rings is 2. The highest BCUT2D eigenvalue weighted by atomic mass is 32.2. The van der Waals surface area contributed by atoms with Crippen molar-refractivity contribution in [3.63, 3.8) is 0 Å². The molecule has 1 aliphatic rings. The molecule has 1 amide bonds. The molecular weight excluding hydrogens is 412 g/mol. The maximum atomic E-state index is 13.5. The van der Waals surface area contributed by atoms with Crippen molar-refractivity contribution < 1.29 is 17.9 Å². The van der Waals surface area contributed by atoms with E-state index in [0.717, 1.165) is 27.8 Å².